The zero-order valence-corrected chi connectivity index (χ0v) is 7.31. The van der Waals surface area contributed by atoms with Gasteiger partial charge in [-0.1, -0.05) is 0 Å². The Kier molecular flexibility index (Phi) is 2.00. The molecule has 64 valence electrons. The topological polar surface area (TPSA) is 38.7 Å². The van der Waals surface area contributed by atoms with Crippen molar-refractivity contribution in [2.45, 2.75) is 6.92 Å². The maximum absolute atomic E-state index is 4.18. The monoisotopic (exact) mass is 171 g/mol. The van der Waals surface area contributed by atoms with Crippen LogP contribution in [0.4, 0.5) is 0 Å². The molecule has 0 saturated heterocycles. The number of nitrogens with zero attached hydrogens (tertiary/aromatic N) is 3. The number of hydrogen-bond acceptors (Lipinski definition) is 3. The first-order chi connectivity index (χ1) is 6.36. The van der Waals surface area contributed by atoms with Gasteiger partial charge in [0.2, 0.25) is 0 Å². The molecule has 0 aliphatic carbocycles. The van der Waals surface area contributed by atoms with E-state index >= 15 is 0 Å². The number of aryl methyl sites for hydroxylation is 1. The van der Waals surface area contributed by atoms with Crippen LogP contribution in [0.5, 0.6) is 0 Å². The lowest BCUT2D eigenvalue weighted by Gasteiger charge is -1.97. The molecule has 2 aromatic heterocycles. The summed E-state index contributed by atoms with van der Waals surface area (Å²) in [5, 5.41) is 0. The van der Waals surface area contributed by atoms with E-state index in [4.69, 9.17) is 0 Å². The summed E-state index contributed by atoms with van der Waals surface area (Å²) in [6.45, 7) is 1.95. The molecule has 0 fully saturated rings. The van der Waals surface area contributed by atoms with Crippen molar-refractivity contribution in [1.29, 1.82) is 0 Å². The average Bonchev–Trinajstić information content (AvgIpc) is 2.20. The normalized spacial score (nSPS) is 9.92. The van der Waals surface area contributed by atoms with Crippen molar-refractivity contribution >= 4 is 0 Å². The molecule has 0 bridgehead atoms. The largest absolute Gasteiger partial charge is 0.261 e. The molecule has 2 rings (SSSR count). The Bertz CT molecular complexity index is 381. The maximum atomic E-state index is 4.18. The fourth-order valence-corrected chi connectivity index (χ4v) is 1.05. The lowest BCUT2D eigenvalue weighted by atomic mass is 10.2. The molecule has 3 heteroatoms. The highest BCUT2D eigenvalue weighted by Crippen LogP contribution is 2.11. The first-order valence-corrected chi connectivity index (χ1v) is 4.06. The molecule has 0 atom stereocenters. The van der Waals surface area contributed by atoms with Gasteiger partial charge in [0.05, 0.1) is 0 Å². The highest BCUT2D eigenvalue weighted by molar-refractivity contribution is 5.52. The Labute approximate surface area is 76.5 Å². The average molecular weight is 171 g/mol. The minimum Gasteiger partial charge on any atom is -0.261 e. The summed E-state index contributed by atoms with van der Waals surface area (Å²) in [5.74, 6) is 0.718. The fraction of sp³-hybridized carbons (Fsp3) is 0.100. The summed E-state index contributed by atoms with van der Waals surface area (Å²) in [7, 11) is 0. The van der Waals surface area contributed by atoms with Gasteiger partial charge in [-0.2, -0.15) is 0 Å². The summed E-state index contributed by atoms with van der Waals surface area (Å²) in [5.41, 5.74) is 1.95. The van der Waals surface area contributed by atoms with Gasteiger partial charge in [0.1, 0.15) is 0 Å². The Morgan fingerprint density at radius 3 is 2.38 bits per heavy atom. The van der Waals surface area contributed by atoms with E-state index in [2.05, 4.69) is 15.0 Å². The third-order valence-corrected chi connectivity index (χ3v) is 1.74. The van der Waals surface area contributed by atoms with Crippen LogP contribution < -0.4 is 0 Å². The predicted molar refractivity (Wildman–Crippen MR) is 50.0 cm³/mol. The van der Waals surface area contributed by atoms with E-state index in [0.717, 1.165) is 17.1 Å². The zero-order valence-electron chi connectivity index (χ0n) is 7.31. The Hall–Kier alpha value is -1.77. The minimum absolute atomic E-state index is 0.718. The van der Waals surface area contributed by atoms with Crippen molar-refractivity contribution in [1.82, 2.24) is 15.0 Å². The summed E-state index contributed by atoms with van der Waals surface area (Å²) in [6.07, 6.45) is 5.23. The molecular weight excluding hydrogens is 162 g/mol. The van der Waals surface area contributed by atoms with Crippen LogP contribution in [0.25, 0.3) is 11.4 Å². The molecule has 3 nitrogen and oxygen atoms in total. The molecule has 0 saturated carbocycles. The molecule has 2 heterocycles. The zero-order chi connectivity index (χ0) is 9.10. The quantitative estimate of drug-likeness (QED) is 0.657. The number of rotatable bonds is 1. The minimum atomic E-state index is 0.718. The molecule has 13 heavy (non-hydrogen) atoms. The Balaban J connectivity index is 2.42. The molecule has 0 unspecified atom stereocenters. The highest BCUT2D eigenvalue weighted by atomic mass is 14.9. The lowest BCUT2D eigenvalue weighted by Crippen LogP contribution is -1.88. The summed E-state index contributed by atoms with van der Waals surface area (Å²) in [4.78, 5) is 12.4. The van der Waals surface area contributed by atoms with Gasteiger partial charge in [-0.05, 0) is 25.1 Å². The first kappa shape index (κ1) is 7.86. The summed E-state index contributed by atoms with van der Waals surface area (Å²) >= 11 is 0. The number of aromatic nitrogens is 3. The highest BCUT2D eigenvalue weighted by Gasteiger charge is 1.98. The first-order valence-electron chi connectivity index (χ1n) is 4.06. The van der Waals surface area contributed by atoms with Gasteiger partial charge < -0.3 is 0 Å². The molecular formula is C10H9N3. The van der Waals surface area contributed by atoms with Crippen LogP contribution in [0.3, 0.4) is 0 Å². The van der Waals surface area contributed by atoms with Crippen molar-refractivity contribution in [3.05, 3.63) is 42.5 Å². The number of pyridine rings is 1. The van der Waals surface area contributed by atoms with Crippen LogP contribution >= 0.6 is 0 Å². The van der Waals surface area contributed by atoms with E-state index in [1.54, 1.807) is 24.7 Å². The van der Waals surface area contributed by atoms with Crippen molar-refractivity contribution in [3.8, 4) is 11.4 Å². The van der Waals surface area contributed by atoms with Crippen molar-refractivity contribution in [2.75, 3.05) is 0 Å². The predicted octanol–water partition coefficient (Wildman–Crippen LogP) is 1.85. The van der Waals surface area contributed by atoms with E-state index in [9.17, 15) is 0 Å². The second-order valence-corrected chi connectivity index (χ2v) is 2.76. The fourth-order valence-electron chi connectivity index (χ4n) is 1.05. The van der Waals surface area contributed by atoms with Crippen LogP contribution in [0.15, 0.2) is 36.8 Å². The SMILES string of the molecule is Cc1ccc(-c2ncccn2)cn1. The second-order valence-electron chi connectivity index (χ2n) is 2.76. The van der Waals surface area contributed by atoms with Crippen molar-refractivity contribution in [2.24, 2.45) is 0 Å². The van der Waals surface area contributed by atoms with Gasteiger partial charge in [-0.3, -0.25) is 4.98 Å². The van der Waals surface area contributed by atoms with E-state index < -0.39 is 0 Å². The van der Waals surface area contributed by atoms with Gasteiger partial charge in [0.25, 0.3) is 0 Å². The molecule has 0 aromatic carbocycles. The standard InChI is InChI=1S/C10H9N3/c1-8-3-4-9(7-13-8)10-11-5-2-6-12-10/h2-7H,1H3. The molecule has 0 N–H and O–H groups in total. The van der Waals surface area contributed by atoms with E-state index in [1.165, 1.54) is 0 Å². The third-order valence-electron chi connectivity index (χ3n) is 1.74. The van der Waals surface area contributed by atoms with E-state index in [0.29, 0.717) is 0 Å². The van der Waals surface area contributed by atoms with Crippen LogP contribution in [0.2, 0.25) is 0 Å². The molecule has 0 aliphatic rings. The molecule has 0 amide bonds. The molecule has 0 spiro atoms. The second kappa shape index (κ2) is 3.31. The Morgan fingerprint density at radius 2 is 1.77 bits per heavy atom. The van der Waals surface area contributed by atoms with Crippen LogP contribution in [0.1, 0.15) is 5.69 Å². The summed E-state index contributed by atoms with van der Waals surface area (Å²) < 4.78 is 0. The Morgan fingerprint density at radius 1 is 1.00 bits per heavy atom. The lowest BCUT2D eigenvalue weighted by molar-refractivity contribution is 1.14. The van der Waals surface area contributed by atoms with Crippen molar-refractivity contribution in [3.63, 3.8) is 0 Å². The van der Waals surface area contributed by atoms with Crippen molar-refractivity contribution < 1.29 is 0 Å². The molecule has 0 radical (unpaired) electrons. The molecule has 0 aliphatic heterocycles. The van der Waals surface area contributed by atoms with Crippen LogP contribution in [0, 0.1) is 6.92 Å². The van der Waals surface area contributed by atoms with Gasteiger partial charge in [0.15, 0.2) is 5.82 Å². The number of hydrogen-bond donors (Lipinski definition) is 0. The maximum Gasteiger partial charge on any atom is 0.160 e. The molecule has 2 aromatic rings. The van der Waals surface area contributed by atoms with E-state index in [1.807, 2.05) is 19.1 Å². The smallest absolute Gasteiger partial charge is 0.160 e. The van der Waals surface area contributed by atoms with Gasteiger partial charge in [0, 0.05) is 29.8 Å². The third kappa shape index (κ3) is 1.69. The van der Waals surface area contributed by atoms with E-state index in [-0.39, 0.29) is 0 Å². The van der Waals surface area contributed by atoms with Gasteiger partial charge in [-0.25, -0.2) is 9.97 Å². The van der Waals surface area contributed by atoms with Crippen LogP contribution in [-0.2, 0) is 0 Å². The van der Waals surface area contributed by atoms with Gasteiger partial charge in [-0.15, -0.1) is 0 Å². The summed E-state index contributed by atoms with van der Waals surface area (Å²) in [6, 6.07) is 5.72. The van der Waals surface area contributed by atoms with Gasteiger partial charge >= 0.3 is 0 Å². The van der Waals surface area contributed by atoms with Crippen LogP contribution in [-0.4, -0.2) is 15.0 Å².